The van der Waals surface area contributed by atoms with Gasteiger partial charge in [0.15, 0.2) is 0 Å². The van der Waals surface area contributed by atoms with Crippen molar-refractivity contribution < 1.29 is 19.4 Å². The highest BCUT2D eigenvalue weighted by atomic mass is 35.5. The van der Waals surface area contributed by atoms with E-state index in [4.69, 9.17) is 21.4 Å². The van der Waals surface area contributed by atoms with Crippen molar-refractivity contribution in [2.24, 2.45) is 0 Å². The van der Waals surface area contributed by atoms with Crippen LogP contribution in [0.5, 0.6) is 0 Å². The largest absolute Gasteiger partial charge is 0.478 e. The molecular weight excluding hydrogens is 234 g/mol. The molecule has 2 rings (SSSR count). The molecule has 0 radical (unpaired) electrons. The topological polar surface area (TPSA) is 75.6 Å². The van der Waals surface area contributed by atoms with Crippen molar-refractivity contribution in [3.8, 4) is 0 Å². The Kier molecular flexibility index (Phi) is 2.27. The molecule has 0 saturated carbocycles. The van der Waals surface area contributed by atoms with Gasteiger partial charge in [-0.25, -0.2) is 9.59 Å². The molecule has 1 aliphatic rings. The molecule has 0 aliphatic carbocycles. The van der Waals surface area contributed by atoms with E-state index >= 15 is 0 Å². The molecule has 6 heteroatoms. The molecule has 5 nitrogen and oxygen atoms in total. The predicted molar refractivity (Wildman–Crippen MR) is 56.5 cm³/mol. The molecule has 1 heterocycles. The average molecular weight is 242 g/mol. The minimum Gasteiger partial charge on any atom is -0.478 e. The summed E-state index contributed by atoms with van der Waals surface area (Å²) in [6, 6.07) is 4.57. The molecule has 2 N–H and O–H groups in total. The zero-order valence-electron chi connectivity index (χ0n) is 8.28. The van der Waals surface area contributed by atoms with Crippen LogP contribution >= 0.6 is 11.6 Å². The van der Waals surface area contributed by atoms with Crippen LogP contribution in [0.1, 0.15) is 12.5 Å². The first-order valence-electron chi connectivity index (χ1n) is 4.47. The Hall–Kier alpha value is -1.75. The normalized spacial score (nSPS) is 23.0. The third-order valence-electron chi connectivity index (χ3n) is 2.44. The van der Waals surface area contributed by atoms with Gasteiger partial charge in [-0.1, -0.05) is 11.6 Å². The number of benzene rings is 1. The Labute approximate surface area is 96.0 Å². The molecule has 1 aromatic carbocycles. The number of carboxylic acid groups (broad SMARTS) is 1. The number of hydrogen-bond donors (Lipinski definition) is 2. The highest BCUT2D eigenvalue weighted by Crippen LogP contribution is 2.37. The molecule has 1 atom stereocenters. The van der Waals surface area contributed by atoms with Crippen LogP contribution in [0.25, 0.3) is 0 Å². The molecular formula is C10H8ClNO4. The predicted octanol–water partition coefficient (Wildman–Crippen LogP) is 2.20. The third kappa shape index (κ3) is 1.49. The van der Waals surface area contributed by atoms with E-state index in [0.717, 1.165) is 0 Å². The van der Waals surface area contributed by atoms with Crippen LogP contribution in [-0.4, -0.2) is 17.2 Å². The van der Waals surface area contributed by atoms with Gasteiger partial charge in [-0.2, -0.15) is 0 Å². The van der Waals surface area contributed by atoms with E-state index in [1.165, 1.54) is 13.0 Å². The summed E-state index contributed by atoms with van der Waals surface area (Å²) in [5.74, 6) is -1.24. The molecule has 1 aliphatic heterocycles. The number of rotatable bonds is 1. The summed E-state index contributed by atoms with van der Waals surface area (Å²) >= 11 is 5.78. The van der Waals surface area contributed by atoms with Crippen molar-refractivity contribution >= 4 is 29.4 Å². The lowest BCUT2D eigenvalue weighted by Crippen LogP contribution is -2.43. The number of anilines is 1. The van der Waals surface area contributed by atoms with Crippen molar-refractivity contribution in [1.29, 1.82) is 0 Å². The van der Waals surface area contributed by atoms with Gasteiger partial charge in [0.2, 0.25) is 5.60 Å². The van der Waals surface area contributed by atoms with Gasteiger partial charge in [-0.15, -0.1) is 0 Å². The maximum absolute atomic E-state index is 11.2. The number of fused-ring (bicyclic) bond motifs is 1. The summed E-state index contributed by atoms with van der Waals surface area (Å²) in [6.07, 6.45) is -0.792. The Balaban J connectivity index is 2.64. The fourth-order valence-corrected chi connectivity index (χ4v) is 1.73. The van der Waals surface area contributed by atoms with E-state index in [1.807, 2.05) is 0 Å². The maximum atomic E-state index is 11.2. The van der Waals surface area contributed by atoms with E-state index in [0.29, 0.717) is 16.3 Å². The summed E-state index contributed by atoms with van der Waals surface area (Å²) < 4.78 is 4.81. The number of halogens is 1. The summed E-state index contributed by atoms with van der Waals surface area (Å²) in [4.78, 5) is 22.3. The molecule has 0 fully saturated rings. The Morgan fingerprint density at radius 3 is 2.88 bits per heavy atom. The van der Waals surface area contributed by atoms with Crippen molar-refractivity contribution in [2.45, 2.75) is 12.5 Å². The lowest BCUT2D eigenvalue weighted by Gasteiger charge is -2.31. The maximum Gasteiger partial charge on any atom is 0.413 e. The van der Waals surface area contributed by atoms with Crippen molar-refractivity contribution in [1.82, 2.24) is 0 Å². The zero-order valence-corrected chi connectivity index (χ0v) is 9.04. The molecule has 0 saturated heterocycles. The van der Waals surface area contributed by atoms with Gasteiger partial charge in [0.25, 0.3) is 0 Å². The number of carbonyl (C=O) groups excluding carboxylic acids is 1. The molecule has 1 aromatic rings. The van der Waals surface area contributed by atoms with Crippen molar-refractivity contribution in [2.75, 3.05) is 5.32 Å². The second-order valence-corrected chi connectivity index (χ2v) is 3.98. The van der Waals surface area contributed by atoms with Crippen molar-refractivity contribution in [3.05, 3.63) is 28.8 Å². The van der Waals surface area contributed by atoms with Crippen LogP contribution in [0, 0.1) is 0 Å². The van der Waals surface area contributed by atoms with Gasteiger partial charge in [0.1, 0.15) is 0 Å². The number of nitrogens with one attached hydrogen (secondary N) is 1. The van der Waals surface area contributed by atoms with E-state index in [2.05, 4.69) is 5.32 Å². The SMILES string of the molecule is C[C@@]1(C(=O)O)OC(=O)Nc2ccc(Cl)cc21. The van der Waals surface area contributed by atoms with Crippen molar-refractivity contribution in [3.63, 3.8) is 0 Å². The Morgan fingerprint density at radius 1 is 1.56 bits per heavy atom. The van der Waals surface area contributed by atoms with Gasteiger partial charge >= 0.3 is 12.1 Å². The second kappa shape index (κ2) is 3.38. The molecule has 0 bridgehead atoms. The van der Waals surface area contributed by atoms with Gasteiger partial charge in [-0.3, -0.25) is 5.32 Å². The third-order valence-corrected chi connectivity index (χ3v) is 2.67. The van der Waals surface area contributed by atoms with Gasteiger partial charge in [0.05, 0.1) is 5.69 Å². The van der Waals surface area contributed by atoms with Gasteiger partial charge in [-0.05, 0) is 25.1 Å². The number of hydrogen-bond acceptors (Lipinski definition) is 3. The summed E-state index contributed by atoms with van der Waals surface area (Å²) in [5, 5.41) is 11.9. The van der Waals surface area contributed by atoms with Crippen LogP contribution in [0.3, 0.4) is 0 Å². The second-order valence-electron chi connectivity index (χ2n) is 3.54. The smallest absolute Gasteiger partial charge is 0.413 e. The van der Waals surface area contributed by atoms with E-state index < -0.39 is 17.7 Å². The van der Waals surface area contributed by atoms with E-state index in [9.17, 15) is 9.59 Å². The minimum atomic E-state index is -1.71. The zero-order chi connectivity index (χ0) is 11.9. The number of aliphatic carboxylic acids is 1. The molecule has 0 aromatic heterocycles. The highest BCUT2D eigenvalue weighted by molar-refractivity contribution is 6.30. The fraction of sp³-hybridized carbons (Fsp3) is 0.200. The van der Waals surface area contributed by atoms with E-state index in [1.54, 1.807) is 12.1 Å². The number of ether oxygens (including phenoxy) is 1. The van der Waals surface area contributed by atoms with Crippen LogP contribution in [0.15, 0.2) is 18.2 Å². The average Bonchev–Trinajstić information content (AvgIpc) is 2.19. The number of cyclic esters (lactones) is 1. The van der Waals surface area contributed by atoms with Gasteiger partial charge < -0.3 is 9.84 Å². The number of carbonyl (C=O) groups is 2. The molecule has 84 valence electrons. The lowest BCUT2D eigenvalue weighted by molar-refractivity contribution is -0.157. The van der Waals surface area contributed by atoms with Crippen LogP contribution in [0.4, 0.5) is 10.5 Å². The fourth-order valence-electron chi connectivity index (χ4n) is 1.55. The Bertz CT molecular complexity index is 488. The number of amides is 1. The van der Waals surface area contributed by atoms with Crippen LogP contribution < -0.4 is 5.32 Å². The van der Waals surface area contributed by atoms with Gasteiger partial charge in [0, 0.05) is 10.6 Å². The molecule has 1 amide bonds. The van der Waals surface area contributed by atoms with Crippen LogP contribution in [0.2, 0.25) is 5.02 Å². The quantitative estimate of drug-likeness (QED) is 0.790. The first kappa shape index (κ1) is 10.8. The molecule has 0 unspecified atom stereocenters. The summed E-state index contributed by atoms with van der Waals surface area (Å²) in [7, 11) is 0. The molecule has 0 spiro atoms. The Morgan fingerprint density at radius 2 is 2.25 bits per heavy atom. The first-order chi connectivity index (χ1) is 7.43. The summed E-state index contributed by atoms with van der Waals surface area (Å²) in [5.41, 5.74) is -0.986. The number of carboxylic acids is 1. The highest BCUT2D eigenvalue weighted by Gasteiger charge is 2.44. The van der Waals surface area contributed by atoms with Crippen LogP contribution in [-0.2, 0) is 15.1 Å². The minimum absolute atomic E-state index is 0.326. The monoisotopic (exact) mass is 241 g/mol. The standard InChI is InChI=1S/C10H8ClNO4/c1-10(8(13)14)6-4-5(11)2-3-7(6)12-9(15)16-10/h2-4H,1H3,(H,12,15)(H,13,14)/t10-/m1/s1. The summed E-state index contributed by atoms with van der Waals surface area (Å²) in [6.45, 7) is 1.31. The first-order valence-corrected chi connectivity index (χ1v) is 4.85. The molecule has 16 heavy (non-hydrogen) atoms. The lowest BCUT2D eigenvalue weighted by atomic mass is 9.93. The van der Waals surface area contributed by atoms with E-state index in [-0.39, 0.29) is 0 Å².